The molecule has 2 unspecified atom stereocenters. The molecule has 0 bridgehead atoms. The number of rotatable bonds is 7. The van der Waals surface area contributed by atoms with Crippen molar-refractivity contribution in [3.05, 3.63) is 34.3 Å². The second kappa shape index (κ2) is 10.5. The zero-order chi connectivity index (χ0) is 23.3. The summed E-state index contributed by atoms with van der Waals surface area (Å²) >= 11 is 4.79. The van der Waals surface area contributed by atoms with Crippen molar-refractivity contribution < 1.29 is 23.9 Å². The van der Waals surface area contributed by atoms with Gasteiger partial charge in [0.05, 0.1) is 19.5 Å². The fraction of sp³-hybridized carbons (Fsp3) is 0.524. The molecule has 2 atom stereocenters. The van der Waals surface area contributed by atoms with Gasteiger partial charge in [-0.3, -0.25) is 14.4 Å². The highest BCUT2D eigenvalue weighted by molar-refractivity contribution is 9.10. The van der Waals surface area contributed by atoms with Gasteiger partial charge in [-0.1, -0.05) is 41.9 Å². The van der Waals surface area contributed by atoms with E-state index < -0.39 is 28.8 Å². The number of carbonyl (C=O) groups is 4. The first kappa shape index (κ1) is 25.2. The van der Waals surface area contributed by atoms with Crippen molar-refractivity contribution in [3.8, 4) is 0 Å². The second-order valence-corrected chi connectivity index (χ2v) is 10.6. The lowest BCUT2D eigenvalue weighted by Crippen LogP contribution is -2.59. The molecule has 31 heavy (non-hydrogen) atoms. The van der Waals surface area contributed by atoms with Crippen LogP contribution in [0.2, 0.25) is 0 Å². The highest BCUT2D eigenvalue weighted by Crippen LogP contribution is 2.40. The molecule has 2 N–H and O–H groups in total. The molecule has 0 spiro atoms. The number of carbonyl (C=O) groups excluding carboxylic acids is 4. The van der Waals surface area contributed by atoms with E-state index in [1.165, 1.54) is 23.8 Å². The summed E-state index contributed by atoms with van der Waals surface area (Å²) in [5.74, 6) is -0.902. The van der Waals surface area contributed by atoms with Gasteiger partial charge in [-0.2, -0.15) is 0 Å². The normalized spacial score (nSPS) is 18.4. The number of amides is 3. The molecule has 1 aromatic carbocycles. The lowest BCUT2D eigenvalue weighted by molar-refractivity contribution is -0.141. The van der Waals surface area contributed by atoms with Gasteiger partial charge in [0, 0.05) is 14.8 Å². The Kier molecular flexibility index (Phi) is 8.53. The van der Waals surface area contributed by atoms with Crippen LogP contribution in [0.4, 0.5) is 4.79 Å². The minimum absolute atomic E-state index is 0.173. The molecule has 1 aromatic rings. The van der Waals surface area contributed by atoms with Gasteiger partial charge in [0.15, 0.2) is 5.78 Å². The Morgan fingerprint density at radius 2 is 1.84 bits per heavy atom. The maximum atomic E-state index is 13.2. The van der Waals surface area contributed by atoms with Crippen molar-refractivity contribution in [2.24, 2.45) is 5.92 Å². The van der Waals surface area contributed by atoms with Gasteiger partial charge in [0.25, 0.3) is 0 Å². The molecule has 0 aromatic heterocycles. The summed E-state index contributed by atoms with van der Waals surface area (Å²) in [4.78, 5) is 51.9. The lowest BCUT2D eigenvalue weighted by atomic mass is 9.97. The Balaban J connectivity index is 2.14. The van der Waals surface area contributed by atoms with Gasteiger partial charge in [0.1, 0.15) is 12.1 Å². The highest BCUT2D eigenvalue weighted by Gasteiger charge is 2.49. The van der Waals surface area contributed by atoms with Gasteiger partial charge in [-0.15, -0.1) is 11.8 Å². The molecule has 1 aliphatic rings. The average molecular weight is 514 g/mol. The molecular weight excluding hydrogens is 486 g/mol. The van der Waals surface area contributed by atoms with Gasteiger partial charge in [-0.05, 0) is 31.9 Å². The summed E-state index contributed by atoms with van der Waals surface area (Å²) in [5, 5.41) is 5.23. The van der Waals surface area contributed by atoms with Crippen LogP contribution in [-0.2, 0) is 14.3 Å². The number of nitrogens with zero attached hydrogens (tertiary/aromatic N) is 1. The maximum Gasteiger partial charge on any atom is 0.407 e. The van der Waals surface area contributed by atoms with Gasteiger partial charge >= 0.3 is 6.09 Å². The van der Waals surface area contributed by atoms with Crippen LogP contribution >= 0.6 is 27.7 Å². The number of Topliss-reactive ketones (excluding diaryl/α,β-unsaturated/α-hetero) is 1. The van der Waals surface area contributed by atoms with E-state index in [1.807, 2.05) is 13.8 Å². The molecule has 1 fully saturated rings. The zero-order valence-corrected chi connectivity index (χ0v) is 20.6. The number of thioether (sulfide) groups is 1. The van der Waals surface area contributed by atoms with Crippen LogP contribution in [0, 0.1) is 5.92 Å². The minimum Gasteiger partial charge on any atom is -0.453 e. The molecule has 1 saturated heterocycles. The van der Waals surface area contributed by atoms with Crippen LogP contribution < -0.4 is 10.6 Å². The van der Waals surface area contributed by atoms with Gasteiger partial charge in [0.2, 0.25) is 11.8 Å². The number of methoxy groups -OCH3 is 1. The number of alkyl carbamates (subject to hydrolysis) is 1. The van der Waals surface area contributed by atoms with E-state index in [9.17, 15) is 19.2 Å². The number of ketones is 1. The highest BCUT2D eigenvalue weighted by atomic mass is 79.9. The van der Waals surface area contributed by atoms with Crippen LogP contribution in [0.1, 0.15) is 38.1 Å². The fourth-order valence-corrected chi connectivity index (χ4v) is 4.70. The third kappa shape index (κ3) is 6.22. The summed E-state index contributed by atoms with van der Waals surface area (Å²) in [7, 11) is 1.23. The standard InChI is InChI=1S/C21H28BrN3O5S/c1-12(2)16(24-20(29)30-5)19(28)25-11-31-21(3,4)17(25)18(27)23-10-15(26)13-6-8-14(22)9-7-13/h6-9,12,16-17H,10-11H2,1-5H3,(H,23,27)(H,24,29). The molecule has 0 aliphatic carbocycles. The summed E-state index contributed by atoms with van der Waals surface area (Å²) in [6, 6.07) is 5.24. The fourth-order valence-electron chi connectivity index (χ4n) is 3.29. The Bertz CT molecular complexity index is 844. The predicted octanol–water partition coefficient (Wildman–Crippen LogP) is 2.81. The summed E-state index contributed by atoms with van der Waals surface area (Å²) in [5.41, 5.74) is 0.485. The van der Waals surface area contributed by atoms with E-state index in [0.717, 1.165) is 4.47 Å². The topological polar surface area (TPSA) is 105 Å². The number of ether oxygens (including phenoxy) is 1. The van der Waals surface area contributed by atoms with Crippen LogP contribution in [-0.4, -0.2) is 65.0 Å². The van der Waals surface area contributed by atoms with Crippen molar-refractivity contribution >= 4 is 51.4 Å². The lowest BCUT2D eigenvalue weighted by Gasteiger charge is -2.33. The molecule has 170 valence electrons. The first-order chi connectivity index (χ1) is 14.5. The van der Waals surface area contributed by atoms with Crippen LogP contribution in [0.3, 0.4) is 0 Å². The monoisotopic (exact) mass is 513 g/mol. The SMILES string of the molecule is COC(=O)NC(C(=O)N1CSC(C)(C)C1C(=O)NCC(=O)c1ccc(Br)cc1)C(C)C. The molecule has 3 amide bonds. The van der Waals surface area contributed by atoms with Crippen LogP contribution in [0.15, 0.2) is 28.7 Å². The molecule has 2 rings (SSSR count). The van der Waals surface area contributed by atoms with Crippen molar-refractivity contribution in [1.82, 2.24) is 15.5 Å². The van der Waals surface area contributed by atoms with E-state index >= 15 is 0 Å². The summed E-state index contributed by atoms with van der Waals surface area (Å²) in [6.45, 7) is 7.19. The molecule has 8 nitrogen and oxygen atoms in total. The van der Waals surface area contributed by atoms with Crippen LogP contribution in [0.25, 0.3) is 0 Å². The van der Waals surface area contributed by atoms with Gasteiger partial charge in [-0.25, -0.2) is 4.79 Å². The minimum atomic E-state index is -0.832. The second-order valence-electron chi connectivity index (χ2n) is 8.09. The average Bonchev–Trinajstić information content (AvgIpc) is 3.04. The van der Waals surface area contributed by atoms with E-state index in [-0.39, 0.29) is 24.2 Å². The first-order valence-electron chi connectivity index (χ1n) is 9.83. The first-order valence-corrected chi connectivity index (χ1v) is 11.6. The zero-order valence-electron chi connectivity index (χ0n) is 18.2. The number of hydrogen-bond donors (Lipinski definition) is 2. The molecule has 10 heteroatoms. The van der Waals surface area contributed by atoms with Crippen molar-refractivity contribution in [3.63, 3.8) is 0 Å². The van der Waals surface area contributed by atoms with Crippen molar-refractivity contribution in [2.75, 3.05) is 19.5 Å². The van der Waals surface area contributed by atoms with E-state index in [0.29, 0.717) is 11.4 Å². The Labute approximate surface area is 195 Å². The summed E-state index contributed by atoms with van der Waals surface area (Å²) in [6.07, 6.45) is -0.709. The number of benzene rings is 1. The number of hydrogen-bond acceptors (Lipinski definition) is 6. The maximum absolute atomic E-state index is 13.2. The Morgan fingerprint density at radius 3 is 2.39 bits per heavy atom. The van der Waals surface area contributed by atoms with Crippen molar-refractivity contribution in [1.29, 1.82) is 0 Å². The molecular formula is C21H28BrN3O5S. The van der Waals surface area contributed by atoms with E-state index in [2.05, 4.69) is 31.3 Å². The third-order valence-electron chi connectivity index (χ3n) is 5.06. The Morgan fingerprint density at radius 1 is 1.23 bits per heavy atom. The number of halogens is 1. The van der Waals surface area contributed by atoms with Crippen LogP contribution in [0.5, 0.6) is 0 Å². The molecule has 0 saturated carbocycles. The third-order valence-corrected chi connectivity index (χ3v) is 6.96. The van der Waals surface area contributed by atoms with E-state index in [1.54, 1.807) is 38.1 Å². The predicted molar refractivity (Wildman–Crippen MR) is 123 cm³/mol. The Hall–Kier alpha value is -2.07. The van der Waals surface area contributed by atoms with Gasteiger partial charge < -0.3 is 20.3 Å². The molecule has 0 radical (unpaired) electrons. The number of nitrogens with one attached hydrogen (secondary N) is 2. The molecule has 1 aliphatic heterocycles. The smallest absolute Gasteiger partial charge is 0.407 e. The quantitative estimate of drug-likeness (QED) is 0.543. The van der Waals surface area contributed by atoms with Crippen molar-refractivity contribution in [2.45, 2.75) is 44.5 Å². The summed E-state index contributed by atoms with van der Waals surface area (Å²) < 4.78 is 4.92. The largest absolute Gasteiger partial charge is 0.453 e. The molecule has 1 heterocycles. The van der Waals surface area contributed by atoms with E-state index in [4.69, 9.17) is 0 Å².